The molecule has 28 heavy (non-hydrogen) atoms. The molecule has 0 spiro atoms. The van der Waals surface area contributed by atoms with Crippen LogP contribution in [0.2, 0.25) is 0 Å². The number of rotatable bonds is 7. The number of nitrogens with two attached hydrogens (primary N) is 1. The van der Waals surface area contributed by atoms with E-state index in [0.717, 1.165) is 5.69 Å². The van der Waals surface area contributed by atoms with Gasteiger partial charge >= 0.3 is 5.97 Å². The summed E-state index contributed by atoms with van der Waals surface area (Å²) in [6, 6.07) is 5.57. The molecule has 2 rings (SSSR count). The molecule has 1 heterocycles. The summed E-state index contributed by atoms with van der Waals surface area (Å²) in [5.41, 5.74) is 8.11. The normalized spacial score (nSPS) is 12.1. The van der Waals surface area contributed by atoms with E-state index in [-0.39, 0.29) is 11.9 Å². The average Bonchev–Trinajstić information content (AvgIpc) is 3.19. The zero-order chi connectivity index (χ0) is 21.1. The quantitative estimate of drug-likeness (QED) is 0.208. The van der Waals surface area contributed by atoms with Crippen LogP contribution in [0.15, 0.2) is 52.6 Å². The number of ether oxygens (including phenoxy) is 1. The highest BCUT2D eigenvalue weighted by Crippen LogP contribution is 2.24. The van der Waals surface area contributed by atoms with Gasteiger partial charge in [-0.3, -0.25) is 0 Å². The van der Waals surface area contributed by atoms with Crippen LogP contribution in [-0.4, -0.2) is 24.3 Å². The second-order valence-corrected chi connectivity index (χ2v) is 5.56. The molecule has 0 radical (unpaired) electrons. The van der Waals surface area contributed by atoms with Gasteiger partial charge in [0.2, 0.25) is 0 Å². The number of hydrogen-bond acceptors (Lipinski definition) is 7. The van der Waals surface area contributed by atoms with Crippen molar-refractivity contribution in [2.45, 2.75) is 33.6 Å². The summed E-state index contributed by atoms with van der Waals surface area (Å²) >= 11 is 0. The minimum atomic E-state index is -0.388. The first-order valence-electron chi connectivity index (χ1n) is 9.04. The van der Waals surface area contributed by atoms with E-state index in [4.69, 9.17) is 20.3 Å². The predicted octanol–water partition coefficient (Wildman–Crippen LogP) is 4.80. The number of esters is 1. The fourth-order valence-electron chi connectivity index (χ4n) is 2.20. The molecule has 0 bridgehead atoms. The van der Waals surface area contributed by atoms with E-state index in [0.29, 0.717) is 28.6 Å². The van der Waals surface area contributed by atoms with E-state index >= 15 is 0 Å². The molecule has 0 saturated heterocycles. The van der Waals surface area contributed by atoms with Crippen LogP contribution in [0.4, 0.5) is 17.4 Å². The number of aromatic nitrogens is 1. The third kappa shape index (κ3) is 6.12. The van der Waals surface area contributed by atoms with Gasteiger partial charge in [0.05, 0.1) is 18.9 Å². The summed E-state index contributed by atoms with van der Waals surface area (Å²) in [6.07, 6.45) is 8.04. The molecule has 0 aliphatic heterocycles. The Morgan fingerprint density at radius 2 is 2.11 bits per heavy atom. The molecule has 7 heteroatoms. The smallest absolute Gasteiger partial charge is 0.337 e. The number of anilines is 3. The van der Waals surface area contributed by atoms with Gasteiger partial charge in [-0.1, -0.05) is 39.0 Å². The van der Waals surface area contributed by atoms with Crippen molar-refractivity contribution in [3.05, 3.63) is 59.5 Å². The summed E-state index contributed by atoms with van der Waals surface area (Å²) in [7, 11) is 1.35. The Labute approximate surface area is 165 Å². The zero-order valence-corrected chi connectivity index (χ0v) is 16.9. The van der Waals surface area contributed by atoms with Gasteiger partial charge in [0.25, 0.3) is 6.01 Å². The van der Waals surface area contributed by atoms with Crippen LogP contribution in [0.1, 0.15) is 44.9 Å². The van der Waals surface area contributed by atoms with E-state index in [1.54, 1.807) is 43.5 Å². The van der Waals surface area contributed by atoms with Crippen LogP contribution in [0.3, 0.4) is 0 Å². The van der Waals surface area contributed by atoms with Crippen molar-refractivity contribution in [1.82, 2.24) is 4.98 Å². The number of hydrogen-bond donors (Lipinski definition) is 3. The monoisotopic (exact) mass is 384 g/mol. The highest BCUT2D eigenvalue weighted by Gasteiger charge is 2.11. The molecule has 0 saturated carbocycles. The van der Waals surface area contributed by atoms with Crippen molar-refractivity contribution in [3.8, 4) is 0 Å². The van der Waals surface area contributed by atoms with E-state index in [2.05, 4.69) is 10.3 Å². The number of methoxy groups -OCH3 is 1. The fourth-order valence-corrected chi connectivity index (χ4v) is 2.20. The van der Waals surface area contributed by atoms with Crippen molar-refractivity contribution in [2.75, 3.05) is 18.2 Å². The lowest BCUT2D eigenvalue weighted by molar-refractivity contribution is -0.135. The summed E-state index contributed by atoms with van der Waals surface area (Å²) in [4.78, 5) is 15.8. The molecule has 0 aliphatic carbocycles. The second kappa shape index (κ2) is 11.4. The van der Waals surface area contributed by atoms with Gasteiger partial charge in [-0.2, -0.15) is 0 Å². The van der Waals surface area contributed by atoms with Crippen molar-refractivity contribution < 1.29 is 13.9 Å². The average molecular weight is 384 g/mol. The molecular formula is C21H28N4O3. The van der Waals surface area contributed by atoms with E-state index in [9.17, 15) is 4.79 Å². The lowest BCUT2D eigenvalue weighted by Crippen LogP contribution is -2.02. The molecule has 1 unspecified atom stereocenters. The van der Waals surface area contributed by atoms with Gasteiger partial charge in [0.1, 0.15) is 5.76 Å². The minimum Gasteiger partial charge on any atom is -0.465 e. The molecule has 1 aromatic heterocycles. The third-order valence-electron chi connectivity index (χ3n) is 3.76. The van der Waals surface area contributed by atoms with Crippen LogP contribution in [0.5, 0.6) is 0 Å². The fraction of sp³-hybridized carbons (Fsp3) is 0.286. The Hall–Kier alpha value is -3.35. The molecular weight excluding hydrogens is 356 g/mol. The number of benzene rings is 1. The van der Waals surface area contributed by atoms with E-state index < -0.39 is 0 Å². The maximum Gasteiger partial charge on any atom is 0.337 e. The van der Waals surface area contributed by atoms with E-state index in [1.165, 1.54) is 13.3 Å². The summed E-state index contributed by atoms with van der Waals surface area (Å²) < 4.78 is 10.4. The number of carbonyl (C=O) groups excluding carboxylic acids is 1. The van der Waals surface area contributed by atoms with Crippen molar-refractivity contribution in [3.63, 3.8) is 0 Å². The molecule has 1 aromatic carbocycles. The Bertz CT molecular complexity index is 853. The van der Waals surface area contributed by atoms with E-state index in [1.807, 2.05) is 26.8 Å². The Morgan fingerprint density at radius 3 is 2.71 bits per heavy atom. The summed E-state index contributed by atoms with van der Waals surface area (Å²) in [6.45, 7) is 7.70. The van der Waals surface area contributed by atoms with Gasteiger partial charge in [0.15, 0.2) is 0 Å². The first-order valence-corrected chi connectivity index (χ1v) is 9.04. The number of carbonyl (C=O) groups is 1. The molecule has 2 aromatic rings. The van der Waals surface area contributed by atoms with Crippen LogP contribution < -0.4 is 11.1 Å². The molecule has 0 amide bonds. The topological polar surface area (TPSA) is 114 Å². The molecule has 1 atom stereocenters. The van der Waals surface area contributed by atoms with Crippen LogP contribution >= 0.6 is 0 Å². The van der Waals surface area contributed by atoms with Gasteiger partial charge in [-0.05, 0) is 25.1 Å². The molecule has 7 nitrogen and oxygen atoms in total. The Morgan fingerprint density at radius 1 is 1.39 bits per heavy atom. The molecule has 0 aliphatic rings. The number of nitrogens with one attached hydrogen (secondary N) is 2. The molecule has 4 N–H and O–H groups in total. The first kappa shape index (κ1) is 22.7. The maximum atomic E-state index is 11.6. The van der Waals surface area contributed by atoms with Crippen LogP contribution in [-0.2, 0) is 9.53 Å². The lowest BCUT2D eigenvalue weighted by atomic mass is 10.1. The van der Waals surface area contributed by atoms with Gasteiger partial charge in [-0.25, -0.2) is 9.78 Å². The maximum absolute atomic E-state index is 11.6. The second-order valence-electron chi connectivity index (χ2n) is 5.56. The number of oxazole rings is 1. The predicted molar refractivity (Wildman–Crippen MR) is 113 cm³/mol. The molecule has 150 valence electrons. The van der Waals surface area contributed by atoms with Crippen LogP contribution in [0.25, 0.3) is 0 Å². The SMILES string of the molecule is C/C=C(\C=C/C(C)c1cnc(Nc2ccc(N)c(C=N)c2)o1)C(=O)OC.CC. The number of allylic oxidation sites excluding steroid dienone is 2. The van der Waals surface area contributed by atoms with Gasteiger partial charge in [-0.15, -0.1) is 0 Å². The summed E-state index contributed by atoms with van der Waals surface area (Å²) in [5, 5.41) is 10.4. The highest BCUT2D eigenvalue weighted by molar-refractivity contribution is 5.91. The van der Waals surface area contributed by atoms with Crippen LogP contribution in [0, 0.1) is 5.41 Å². The lowest BCUT2D eigenvalue weighted by Gasteiger charge is -2.06. The summed E-state index contributed by atoms with van der Waals surface area (Å²) in [5.74, 6) is 0.175. The number of nitrogens with zero attached hydrogens (tertiary/aromatic N) is 1. The molecule has 0 fully saturated rings. The van der Waals surface area contributed by atoms with Crippen molar-refractivity contribution in [1.29, 1.82) is 5.41 Å². The Kier molecular flexibility index (Phi) is 9.22. The largest absolute Gasteiger partial charge is 0.465 e. The van der Waals surface area contributed by atoms with Crippen molar-refractivity contribution in [2.24, 2.45) is 0 Å². The standard InChI is InChI=1S/C19H22N4O3.C2H6/c1-4-13(18(24)25-3)6-5-12(2)17-11-22-19(26-17)23-15-7-8-16(21)14(9-15)10-20;1-2/h4-12,20H,21H2,1-3H3,(H,22,23);1-2H3/b6-5-,13-4+,20-10?;. The Balaban J connectivity index is 0.00000190. The third-order valence-corrected chi connectivity index (χ3v) is 3.76. The van der Waals surface area contributed by atoms with Gasteiger partial charge < -0.3 is 25.6 Å². The van der Waals surface area contributed by atoms with Crippen molar-refractivity contribution >= 4 is 29.6 Å². The highest BCUT2D eigenvalue weighted by atomic mass is 16.5. The van der Waals surface area contributed by atoms with Gasteiger partial charge in [0, 0.05) is 29.1 Å². The first-order chi connectivity index (χ1) is 13.5. The zero-order valence-electron chi connectivity index (χ0n) is 16.9. The number of nitrogen functional groups attached to an aromatic ring is 1. The minimum absolute atomic E-state index is 0.0822.